The van der Waals surface area contributed by atoms with Crippen LogP contribution in [0.2, 0.25) is 0 Å². The maximum absolute atomic E-state index is 13.1. The molecule has 6 heteroatoms. The maximum Gasteiger partial charge on any atom is 0.414 e. The lowest BCUT2D eigenvalue weighted by molar-refractivity contribution is -0.156. The van der Waals surface area contributed by atoms with Gasteiger partial charge < -0.3 is 9.88 Å². The van der Waals surface area contributed by atoms with Gasteiger partial charge >= 0.3 is 6.18 Å². The van der Waals surface area contributed by atoms with E-state index >= 15 is 0 Å². The summed E-state index contributed by atoms with van der Waals surface area (Å²) in [7, 11) is 1.50. The Labute approximate surface area is 114 Å². The van der Waals surface area contributed by atoms with E-state index < -0.39 is 18.1 Å². The van der Waals surface area contributed by atoms with Gasteiger partial charge in [0.2, 0.25) is 0 Å². The van der Waals surface area contributed by atoms with Gasteiger partial charge in [0, 0.05) is 24.5 Å². The third-order valence-electron chi connectivity index (χ3n) is 2.92. The lowest BCUT2D eigenvalue weighted by atomic mass is 10.1. The maximum atomic E-state index is 13.1. The van der Waals surface area contributed by atoms with Crippen LogP contribution in [0.3, 0.4) is 0 Å². The number of rotatable bonds is 3. The molecule has 0 bridgehead atoms. The molecule has 0 saturated carbocycles. The first kappa shape index (κ1) is 14.2. The number of halogens is 3. The van der Waals surface area contributed by atoms with Crippen LogP contribution in [-0.2, 0) is 7.05 Å². The summed E-state index contributed by atoms with van der Waals surface area (Å²) in [5.41, 5.74) is 0.178. The number of aryl methyl sites for hydroxylation is 1. The molecular weight excluding hydrogens is 269 g/mol. The van der Waals surface area contributed by atoms with E-state index in [0.717, 1.165) is 0 Å². The molecule has 0 radical (unpaired) electrons. The molecule has 1 aromatic heterocycles. The first-order chi connectivity index (χ1) is 9.39. The molecule has 0 spiro atoms. The normalized spacial score (nSPS) is 13.0. The number of carbonyl (C=O) groups excluding carboxylic acids is 1. The van der Waals surface area contributed by atoms with E-state index in [1.54, 1.807) is 18.2 Å². The first-order valence-electron chi connectivity index (χ1n) is 5.93. The molecule has 2 aromatic rings. The fraction of sp³-hybridized carbons (Fsp3) is 0.214. The average Bonchev–Trinajstić information content (AvgIpc) is 2.81. The van der Waals surface area contributed by atoms with E-state index in [1.807, 2.05) is 5.32 Å². The Morgan fingerprint density at radius 2 is 1.80 bits per heavy atom. The molecule has 0 aliphatic heterocycles. The average molecular weight is 282 g/mol. The minimum atomic E-state index is -4.56. The van der Waals surface area contributed by atoms with Crippen molar-refractivity contribution in [3.05, 3.63) is 59.9 Å². The SMILES string of the molecule is Cn1cccc1C(NC(=O)c1ccccc1)C(F)(F)F. The van der Waals surface area contributed by atoms with Gasteiger partial charge in [-0.15, -0.1) is 0 Å². The topological polar surface area (TPSA) is 34.0 Å². The second-order valence-electron chi connectivity index (χ2n) is 4.36. The summed E-state index contributed by atoms with van der Waals surface area (Å²) in [6, 6.07) is 8.62. The lowest BCUT2D eigenvalue weighted by Crippen LogP contribution is -2.39. The fourth-order valence-corrected chi connectivity index (χ4v) is 1.90. The second-order valence-corrected chi connectivity index (χ2v) is 4.36. The number of hydrogen-bond donors (Lipinski definition) is 1. The molecule has 3 nitrogen and oxygen atoms in total. The van der Waals surface area contributed by atoms with Crippen molar-refractivity contribution in [2.24, 2.45) is 7.05 Å². The highest BCUT2D eigenvalue weighted by Crippen LogP contribution is 2.32. The highest BCUT2D eigenvalue weighted by molar-refractivity contribution is 5.94. The molecule has 0 saturated heterocycles. The largest absolute Gasteiger partial charge is 0.414 e. The smallest absolute Gasteiger partial charge is 0.352 e. The van der Waals surface area contributed by atoms with E-state index in [-0.39, 0.29) is 11.3 Å². The summed E-state index contributed by atoms with van der Waals surface area (Å²) in [5, 5.41) is 2.03. The van der Waals surface area contributed by atoms with Crippen molar-refractivity contribution in [1.82, 2.24) is 9.88 Å². The van der Waals surface area contributed by atoms with E-state index in [2.05, 4.69) is 0 Å². The molecule has 1 N–H and O–H groups in total. The molecule has 1 heterocycles. The quantitative estimate of drug-likeness (QED) is 0.922. The van der Waals surface area contributed by atoms with Crippen molar-refractivity contribution in [3.63, 3.8) is 0 Å². The number of carbonyl (C=O) groups is 1. The minimum Gasteiger partial charge on any atom is -0.352 e. The highest BCUT2D eigenvalue weighted by atomic mass is 19.4. The Morgan fingerprint density at radius 3 is 2.30 bits per heavy atom. The van der Waals surface area contributed by atoms with Crippen LogP contribution in [0.5, 0.6) is 0 Å². The summed E-state index contributed by atoms with van der Waals surface area (Å²) in [6.07, 6.45) is -3.06. The van der Waals surface area contributed by atoms with Gasteiger partial charge in [-0.2, -0.15) is 13.2 Å². The second kappa shape index (κ2) is 5.40. The Hall–Kier alpha value is -2.24. The Balaban J connectivity index is 2.26. The van der Waals surface area contributed by atoms with E-state index in [4.69, 9.17) is 0 Å². The zero-order valence-corrected chi connectivity index (χ0v) is 10.7. The molecule has 1 unspecified atom stereocenters. The molecular formula is C14H13F3N2O. The van der Waals surface area contributed by atoms with Crippen molar-refractivity contribution in [2.45, 2.75) is 12.2 Å². The monoisotopic (exact) mass is 282 g/mol. The third kappa shape index (κ3) is 3.01. The van der Waals surface area contributed by atoms with Gasteiger partial charge in [-0.05, 0) is 24.3 Å². The van der Waals surface area contributed by atoms with Crippen molar-refractivity contribution in [2.75, 3.05) is 0 Å². The summed E-state index contributed by atoms with van der Waals surface area (Å²) in [4.78, 5) is 11.9. The van der Waals surface area contributed by atoms with Crippen LogP contribution in [-0.4, -0.2) is 16.7 Å². The molecule has 1 atom stereocenters. The van der Waals surface area contributed by atoms with Gasteiger partial charge in [0.25, 0.3) is 5.91 Å². The van der Waals surface area contributed by atoms with Gasteiger partial charge in [-0.25, -0.2) is 0 Å². The standard InChI is InChI=1S/C14H13F3N2O/c1-19-9-5-8-11(19)12(14(15,16)17)18-13(20)10-6-3-2-4-7-10/h2-9,12H,1H3,(H,18,20). The Bertz CT molecular complexity index is 590. The molecule has 106 valence electrons. The molecule has 0 aliphatic rings. The van der Waals surface area contributed by atoms with Gasteiger partial charge in [0.05, 0.1) is 0 Å². The summed E-state index contributed by atoms with van der Waals surface area (Å²) in [5.74, 6) is -0.755. The van der Waals surface area contributed by atoms with E-state index in [9.17, 15) is 18.0 Å². The molecule has 0 aliphatic carbocycles. The number of alkyl halides is 3. The van der Waals surface area contributed by atoms with Crippen LogP contribution in [0.25, 0.3) is 0 Å². The van der Waals surface area contributed by atoms with Gasteiger partial charge in [-0.1, -0.05) is 18.2 Å². The summed E-state index contributed by atoms with van der Waals surface area (Å²) < 4.78 is 40.7. The van der Waals surface area contributed by atoms with Crippen LogP contribution in [0.4, 0.5) is 13.2 Å². The van der Waals surface area contributed by atoms with Crippen LogP contribution in [0.15, 0.2) is 48.7 Å². The number of nitrogens with zero attached hydrogens (tertiary/aromatic N) is 1. The highest BCUT2D eigenvalue weighted by Gasteiger charge is 2.43. The van der Waals surface area contributed by atoms with Crippen LogP contribution in [0.1, 0.15) is 22.1 Å². The van der Waals surface area contributed by atoms with Crippen LogP contribution in [0, 0.1) is 0 Å². The number of nitrogens with one attached hydrogen (secondary N) is 1. The van der Waals surface area contributed by atoms with Crippen molar-refractivity contribution in [3.8, 4) is 0 Å². The zero-order valence-electron chi connectivity index (χ0n) is 10.7. The Morgan fingerprint density at radius 1 is 1.15 bits per heavy atom. The fourth-order valence-electron chi connectivity index (χ4n) is 1.90. The molecule has 20 heavy (non-hydrogen) atoms. The molecule has 2 rings (SSSR count). The van der Waals surface area contributed by atoms with Crippen LogP contribution < -0.4 is 5.32 Å². The van der Waals surface area contributed by atoms with E-state index in [1.165, 1.54) is 42.1 Å². The van der Waals surface area contributed by atoms with Crippen molar-refractivity contribution >= 4 is 5.91 Å². The number of benzene rings is 1. The minimum absolute atomic E-state index is 0.0122. The number of aromatic nitrogens is 1. The summed E-state index contributed by atoms with van der Waals surface area (Å²) in [6.45, 7) is 0. The predicted octanol–water partition coefficient (Wildman–Crippen LogP) is 3.06. The van der Waals surface area contributed by atoms with Gasteiger partial charge in [0.1, 0.15) is 0 Å². The van der Waals surface area contributed by atoms with E-state index in [0.29, 0.717) is 0 Å². The third-order valence-corrected chi connectivity index (χ3v) is 2.92. The molecule has 1 amide bonds. The predicted molar refractivity (Wildman–Crippen MR) is 68.1 cm³/mol. The summed E-state index contributed by atoms with van der Waals surface area (Å²) >= 11 is 0. The number of amides is 1. The van der Waals surface area contributed by atoms with Crippen LogP contribution >= 0.6 is 0 Å². The van der Waals surface area contributed by atoms with Crippen molar-refractivity contribution in [1.29, 1.82) is 0 Å². The molecule has 1 aromatic carbocycles. The lowest BCUT2D eigenvalue weighted by Gasteiger charge is -2.22. The number of hydrogen-bond acceptors (Lipinski definition) is 1. The molecule has 0 fully saturated rings. The zero-order chi connectivity index (χ0) is 14.8. The Kier molecular flexibility index (Phi) is 3.83. The first-order valence-corrected chi connectivity index (χ1v) is 5.93. The van der Waals surface area contributed by atoms with Crippen molar-refractivity contribution < 1.29 is 18.0 Å². The van der Waals surface area contributed by atoms with Gasteiger partial charge in [-0.3, -0.25) is 4.79 Å². The van der Waals surface area contributed by atoms with Gasteiger partial charge in [0.15, 0.2) is 6.04 Å².